The number of benzene rings is 1. The number of rotatable bonds is 6. The molecule has 0 spiro atoms. The Hall–Kier alpha value is -2.24. The summed E-state index contributed by atoms with van der Waals surface area (Å²) >= 11 is 0. The highest BCUT2D eigenvalue weighted by molar-refractivity contribution is 5.91. The fraction of sp³-hybridized carbons (Fsp3) is 0.385. The molecule has 1 aromatic carbocycles. The van der Waals surface area contributed by atoms with Gasteiger partial charge in [0.05, 0.1) is 25.7 Å². The Bertz CT molecular complexity index is 458. The van der Waals surface area contributed by atoms with Crippen molar-refractivity contribution in [3.05, 3.63) is 23.8 Å². The van der Waals surface area contributed by atoms with Crippen molar-refractivity contribution in [2.24, 2.45) is 0 Å². The number of carbonyl (C=O) groups is 2. The van der Waals surface area contributed by atoms with Crippen molar-refractivity contribution in [1.82, 2.24) is 0 Å². The van der Waals surface area contributed by atoms with E-state index >= 15 is 0 Å². The van der Waals surface area contributed by atoms with E-state index < -0.39 is 11.9 Å². The molecule has 0 fully saturated rings. The SMILES string of the molecule is CCOc1cc(N)cc(C(=O)OCCC(=O)OC)c1. The quantitative estimate of drug-likeness (QED) is 0.619. The molecular weight excluding hydrogens is 250 g/mol. The van der Waals surface area contributed by atoms with Gasteiger partial charge in [-0.3, -0.25) is 4.79 Å². The fourth-order valence-corrected chi connectivity index (χ4v) is 1.40. The fourth-order valence-electron chi connectivity index (χ4n) is 1.40. The summed E-state index contributed by atoms with van der Waals surface area (Å²) in [6, 6.07) is 4.65. The maximum Gasteiger partial charge on any atom is 0.338 e. The van der Waals surface area contributed by atoms with E-state index in [1.165, 1.54) is 13.2 Å². The van der Waals surface area contributed by atoms with Crippen molar-refractivity contribution in [3.63, 3.8) is 0 Å². The number of anilines is 1. The molecular formula is C13H17NO5. The maximum absolute atomic E-state index is 11.7. The predicted molar refractivity (Wildman–Crippen MR) is 68.9 cm³/mol. The van der Waals surface area contributed by atoms with Gasteiger partial charge in [-0.05, 0) is 19.1 Å². The Kier molecular flexibility index (Phi) is 5.66. The number of hydrogen-bond donors (Lipinski definition) is 1. The molecule has 104 valence electrons. The van der Waals surface area contributed by atoms with Crippen LogP contribution in [0.25, 0.3) is 0 Å². The van der Waals surface area contributed by atoms with Crippen LogP contribution in [0.2, 0.25) is 0 Å². The molecule has 6 nitrogen and oxygen atoms in total. The van der Waals surface area contributed by atoms with Crippen LogP contribution in [0.5, 0.6) is 5.75 Å². The molecule has 2 N–H and O–H groups in total. The molecule has 0 aliphatic carbocycles. The highest BCUT2D eigenvalue weighted by atomic mass is 16.5. The number of methoxy groups -OCH3 is 1. The number of nitrogen functional groups attached to an aromatic ring is 1. The van der Waals surface area contributed by atoms with Crippen LogP contribution in [0.15, 0.2) is 18.2 Å². The Morgan fingerprint density at radius 1 is 1.26 bits per heavy atom. The molecule has 0 radical (unpaired) electrons. The van der Waals surface area contributed by atoms with Gasteiger partial charge in [0, 0.05) is 11.8 Å². The molecule has 0 unspecified atom stereocenters. The van der Waals surface area contributed by atoms with E-state index in [1.807, 2.05) is 6.92 Å². The van der Waals surface area contributed by atoms with Gasteiger partial charge in [0.2, 0.25) is 0 Å². The first kappa shape index (κ1) is 14.8. The molecule has 0 aromatic heterocycles. The lowest BCUT2D eigenvalue weighted by Gasteiger charge is -2.08. The molecule has 1 rings (SSSR count). The first-order valence-corrected chi connectivity index (χ1v) is 5.84. The van der Waals surface area contributed by atoms with Crippen LogP contribution in [-0.2, 0) is 14.3 Å². The summed E-state index contributed by atoms with van der Waals surface area (Å²) in [7, 11) is 1.27. The minimum Gasteiger partial charge on any atom is -0.494 e. The van der Waals surface area contributed by atoms with Crippen LogP contribution in [0, 0.1) is 0 Å². The van der Waals surface area contributed by atoms with E-state index in [-0.39, 0.29) is 18.6 Å². The predicted octanol–water partition coefficient (Wildman–Crippen LogP) is 1.39. The summed E-state index contributed by atoms with van der Waals surface area (Å²) in [4.78, 5) is 22.6. The molecule has 0 atom stereocenters. The molecule has 0 amide bonds. The zero-order valence-electron chi connectivity index (χ0n) is 11.0. The summed E-state index contributed by atoms with van der Waals surface area (Å²) < 4.78 is 14.7. The van der Waals surface area contributed by atoms with Gasteiger partial charge < -0.3 is 19.9 Å². The summed E-state index contributed by atoms with van der Waals surface area (Å²) in [6.07, 6.45) is 0.0167. The Morgan fingerprint density at radius 3 is 2.63 bits per heavy atom. The van der Waals surface area contributed by atoms with E-state index in [4.69, 9.17) is 15.2 Å². The minimum atomic E-state index is -0.558. The molecule has 1 aromatic rings. The number of hydrogen-bond acceptors (Lipinski definition) is 6. The van der Waals surface area contributed by atoms with Crippen LogP contribution >= 0.6 is 0 Å². The van der Waals surface area contributed by atoms with Crippen LogP contribution in [-0.4, -0.2) is 32.3 Å². The number of carbonyl (C=O) groups excluding carboxylic acids is 2. The zero-order chi connectivity index (χ0) is 14.3. The van der Waals surface area contributed by atoms with Gasteiger partial charge >= 0.3 is 11.9 Å². The Labute approximate surface area is 111 Å². The van der Waals surface area contributed by atoms with Gasteiger partial charge in [-0.2, -0.15) is 0 Å². The minimum absolute atomic E-state index is 0.0167. The summed E-state index contributed by atoms with van der Waals surface area (Å²) in [6.45, 7) is 2.27. The van der Waals surface area contributed by atoms with Crippen molar-refractivity contribution in [2.75, 3.05) is 26.1 Å². The standard InChI is InChI=1S/C13H17NO5/c1-3-18-11-7-9(6-10(14)8-11)13(16)19-5-4-12(15)17-2/h6-8H,3-5,14H2,1-2H3. The number of nitrogens with two attached hydrogens (primary N) is 1. The molecule has 0 aliphatic rings. The first-order valence-electron chi connectivity index (χ1n) is 5.84. The second-order valence-corrected chi connectivity index (χ2v) is 3.69. The first-order chi connectivity index (χ1) is 9.06. The lowest BCUT2D eigenvalue weighted by atomic mass is 10.2. The van der Waals surface area contributed by atoms with Crippen molar-refractivity contribution in [1.29, 1.82) is 0 Å². The molecule has 0 heterocycles. The number of ether oxygens (including phenoxy) is 3. The third kappa shape index (κ3) is 4.87. The smallest absolute Gasteiger partial charge is 0.338 e. The van der Waals surface area contributed by atoms with Crippen LogP contribution in [0.3, 0.4) is 0 Å². The highest BCUT2D eigenvalue weighted by Gasteiger charge is 2.11. The topological polar surface area (TPSA) is 87.9 Å². The second kappa shape index (κ2) is 7.25. The average Bonchev–Trinajstić information content (AvgIpc) is 2.38. The van der Waals surface area contributed by atoms with E-state index in [0.29, 0.717) is 18.0 Å². The van der Waals surface area contributed by atoms with Gasteiger partial charge in [-0.25, -0.2) is 4.79 Å². The molecule has 0 bridgehead atoms. The maximum atomic E-state index is 11.7. The van der Waals surface area contributed by atoms with Crippen LogP contribution in [0.4, 0.5) is 5.69 Å². The van der Waals surface area contributed by atoms with Crippen LogP contribution in [0.1, 0.15) is 23.7 Å². The van der Waals surface area contributed by atoms with E-state index in [0.717, 1.165) is 0 Å². The third-order valence-electron chi connectivity index (χ3n) is 2.24. The third-order valence-corrected chi connectivity index (χ3v) is 2.24. The molecule has 6 heteroatoms. The Balaban J connectivity index is 2.63. The van der Waals surface area contributed by atoms with Crippen molar-refractivity contribution >= 4 is 17.6 Å². The van der Waals surface area contributed by atoms with E-state index in [9.17, 15) is 9.59 Å². The highest BCUT2D eigenvalue weighted by Crippen LogP contribution is 2.19. The van der Waals surface area contributed by atoms with E-state index in [2.05, 4.69) is 4.74 Å². The van der Waals surface area contributed by atoms with Gasteiger partial charge in [-0.15, -0.1) is 0 Å². The second-order valence-electron chi connectivity index (χ2n) is 3.69. The molecule has 0 saturated carbocycles. The summed E-state index contributed by atoms with van der Waals surface area (Å²) in [5, 5.41) is 0. The normalized spacial score (nSPS) is 9.79. The van der Waals surface area contributed by atoms with Crippen molar-refractivity contribution < 1.29 is 23.8 Å². The lowest BCUT2D eigenvalue weighted by Crippen LogP contribution is -2.11. The van der Waals surface area contributed by atoms with Gasteiger partial charge in [0.15, 0.2) is 0 Å². The summed E-state index contributed by atoms with van der Waals surface area (Å²) in [5.41, 5.74) is 6.36. The van der Waals surface area contributed by atoms with Gasteiger partial charge in [-0.1, -0.05) is 0 Å². The van der Waals surface area contributed by atoms with Crippen molar-refractivity contribution in [2.45, 2.75) is 13.3 Å². The summed E-state index contributed by atoms with van der Waals surface area (Å²) in [5.74, 6) is -0.491. The number of esters is 2. The molecule has 0 aliphatic heterocycles. The lowest BCUT2D eigenvalue weighted by molar-refractivity contribution is -0.141. The zero-order valence-corrected chi connectivity index (χ0v) is 11.0. The Morgan fingerprint density at radius 2 is 2.00 bits per heavy atom. The molecule has 19 heavy (non-hydrogen) atoms. The van der Waals surface area contributed by atoms with E-state index in [1.54, 1.807) is 12.1 Å². The van der Waals surface area contributed by atoms with Crippen molar-refractivity contribution in [3.8, 4) is 5.75 Å². The average molecular weight is 267 g/mol. The molecule has 0 saturated heterocycles. The van der Waals surface area contributed by atoms with Crippen LogP contribution < -0.4 is 10.5 Å². The van der Waals surface area contributed by atoms with Gasteiger partial charge in [0.25, 0.3) is 0 Å². The van der Waals surface area contributed by atoms with Gasteiger partial charge in [0.1, 0.15) is 12.4 Å². The largest absolute Gasteiger partial charge is 0.494 e. The monoisotopic (exact) mass is 267 g/mol.